The molecule has 1 aromatic rings. The number of amidine groups is 1. The van der Waals surface area contributed by atoms with Crippen molar-refractivity contribution in [1.29, 1.82) is 0 Å². The van der Waals surface area contributed by atoms with Gasteiger partial charge in [-0.15, -0.1) is 0 Å². The largest absolute Gasteiger partial charge is 0.409 e. The summed E-state index contributed by atoms with van der Waals surface area (Å²) >= 11 is 0. The van der Waals surface area contributed by atoms with Crippen LogP contribution in [0.1, 0.15) is 18.5 Å². The van der Waals surface area contributed by atoms with Gasteiger partial charge in [0.15, 0.2) is 0 Å². The molecule has 1 aromatic heterocycles. The fourth-order valence-corrected chi connectivity index (χ4v) is 1.32. The fourth-order valence-electron chi connectivity index (χ4n) is 1.32. The molecule has 0 aliphatic carbocycles. The molecule has 0 unspecified atom stereocenters. The summed E-state index contributed by atoms with van der Waals surface area (Å²) in [5.41, 5.74) is 7.34. The Morgan fingerprint density at radius 2 is 2.47 bits per heavy atom. The van der Waals surface area contributed by atoms with Crippen LogP contribution in [0, 0.1) is 6.92 Å². The molecular formula is C9H17N5O. The number of aromatic nitrogens is 2. The summed E-state index contributed by atoms with van der Waals surface area (Å²) in [7, 11) is 1.88. The van der Waals surface area contributed by atoms with Crippen molar-refractivity contribution in [2.24, 2.45) is 17.9 Å². The highest BCUT2D eigenvalue weighted by Crippen LogP contribution is 2.10. The van der Waals surface area contributed by atoms with Gasteiger partial charge in [0, 0.05) is 26.2 Å². The Morgan fingerprint density at radius 3 is 3.00 bits per heavy atom. The van der Waals surface area contributed by atoms with Crippen molar-refractivity contribution < 1.29 is 5.21 Å². The summed E-state index contributed by atoms with van der Waals surface area (Å²) in [6.45, 7) is 2.73. The van der Waals surface area contributed by atoms with E-state index in [9.17, 15) is 0 Å². The molecule has 4 N–H and O–H groups in total. The highest BCUT2D eigenvalue weighted by atomic mass is 16.4. The standard InChI is InChI=1S/C9H17N5O/c1-7-8(6-14(2)12-7)11-5-3-4-9(10)13-15/h6,11,15H,3-5H2,1-2H3,(H2,10,13). The number of hydrogen-bond acceptors (Lipinski definition) is 4. The Balaban J connectivity index is 2.29. The van der Waals surface area contributed by atoms with E-state index in [1.54, 1.807) is 4.68 Å². The first kappa shape index (κ1) is 11.4. The SMILES string of the molecule is Cc1nn(C)cc1NCCC/C(N)=N/O. The minimum absolute atomic E-state index is 0.264. The molecule has 0 atom stereocenters. The van der Waals surface area contributed by atoms with Crippen molar-refractivity contribution in [3.8, 4) is 0 Å². The molecule has 0 spiro atoms. The number of nitrogens with zero attached hydrogens (tertiary/aromatic N) is 3. The van der Waals surface area contributed by atoms with Gasteiger partial charge in [-0.3, -0.25) is 4.68 Å². The summed E-state index contributed by atoms with van der Waals surface area (Å²) in [6.07, 6.45) is 3.34. The van der Waals surface area contributed by atoms with Gasteiger partial charge >= 0.3 is 0 Å². The maximum atomic E-state index is 8.33. The summed E-state index contributed by atoms with van der Waals surface area (Å²) in [4.78, 5) is 0. The number of rotatable bonds is 5. The van der Waals surface area contributed by atoms with Crippen LogP contribution in [0.4, 0.5) is 5.69 Å². The highest BCUT2D eigenvalue weighted by molar-refractivity contribution is 5.79. The molecule has 6 nitrogen and oxygen atoms in total. The molecule has 0 saturated carbocycles. The summed E-state index contributed by atoms with van der Waals surface area (Å²) in [5, 5.41) is 18.7. The topological polar surface area (TPSA) is 88.5 Å². The third-order valence-corrected chi connectivity index (χ3v) is 2.07. The van der Waals surface area contributed by atoms with Crippen LogP contribution in [-0.2, 0) is 7.05 Å². The second-order valence-electron chi connectivity index (χ2n) is 3.42. The smallest absolute Gasteiger partial charge is 0.139 e. The highest BCUT2D eigenvalue weighted by Gasteiger charge is 2.01. The van der Waals surface area contributed by atoms with Crippen molar-refractivity contribution in [2.45, 2.75) is 19.8 Å². The maximum Gasteiger partial charge on any atom is 0.139 e. The number of aryl methyl sites for hydroxylation is 2. The monoisotopic (exact) mass is 211 g/mol. The average molecular weight is 211 g/mol. The van der Waals surface area contributed by atoms with Gasteiger partial charge < -0.3 is 16.3 Å². The van der Waals surface area contributed by atoms with Gasteiger partial charge in [0.25, 0.3) is 0 Å². The van der Waals surface area contributed by atoms with Crippen molar-refractivity contribution in [1.82, 2.24) is 9.78 Å². The van der Waals surface area contributed by atoms with Gasteiger partial charge in [-0.1, -0.05) is 5.16 Å². The molecule has 0 bridgehead atoms. The Bertz CT molecular complexity index is 344. The lowest BCUT2D eigenvalue weighted by Crippen LogP contribution is -2.13. The predicted molar refractivity (Wildman–Crippen MR) is 59.1 cm³/mol. The number of hydrogen-bond donors (Lipinski definition) is 3. The number of nitrogens with one attached hydrogen (secondary N) is 1. The zero-order chi connectivity index (χ0) is 11.3. The molecule has 0 amide bonds. The molecule has 1 heterocycles. The molecule has 84 valence electrons. The molecule has 0 aromatic carbocycles. The lowest BCUT2D eigenvalue weighted by Gasteiger charge is -2.03. The molecule has 0 fully saturated rings. The molecule has 0 aliphatic rings. The molecule has 1 rings (SSSR count). The van der Waals surface area contributed by atoms with Gasteiger partial charge in [-0.25, -0.2) is 0 Å². The van der Waals surface area contributed by atoms with Crippen molar-refractivity contribution in [3.63, 3.8) is 0 Å². The van der Waals surface area contributed by atoms with E-state index in [2.05, 4.69) is 15.6 Å². The molecule has 0 aliphatic heterocycles. The molecular weight excluding hydrogens is 194 g/mol. The van der Waals surface area contributed by atoms with Crippen LogP contribution in [0.25, 0.3) is 0 Å². The molecule has 0 saturated heterocycles. The van der Waals surface area contributed by atoms with Gasteiger partial charge in [0.05, 0.1) is 11.4 Å². The van der Waals surface area contributed by atoms with Gasteiger partial charge in [0.2, 0.25) is 0 Å². The summed E-state index contributed by atoms with van der Waals surface area (Å²) in [6, 6.07) is 0. The zero-order valence-electron chi connectivity index (χ0n) is 9.06. The van der Waals surface area contributed by atoms with E-state index < -0.39 is 0 Å². The van der Waals surface area contributed by atoms with E-state index in [0.29, 0.717) is 6.42 Å². The summed E-state index contributed by atoms with van der Waals surface area (Å²) < 4.78 is 1.77. The predicted octanol–water partition coefficient (Wildman–Crippen LogP) is 0.667. The fraction of sp³-hybridized carbons (Fsp3) is 0.556. The Hall–Kier alpha value is -1.72. The van der Waals surface area contributed by atoms with E-state index in [1.807, 2.05) is 20.2 Å². The quantitative estimate of drug-likeness (QED) is 0.219. The third-order valence-electron chi connectivity index (χ3n) is 2.07. The van der Waals surface area contributed by atoms with Gasteiger partial charge in [0.1, 0.15) is 5.84 Å². The van der Waals surface area contributed by atoms with Crippen molar-refractivity contribution >= 4 is 11.5 Å². The van der Waals surface area contributed by atoms with E-state index in [1.165, 1.54) is 0 Å². The normalized spacial score (nSPS) is 11.7. The third kappa shape index (κ3) is 3.49. The van der Waals surface area contributed by atoms with Crippen LogP contribution in [-0.4, -0.2) is 27.4 Å². The van der Waals surface area contributed by atoms with Gasteiger partial charge in [-0.05, 0) is 13.3 Å². The Kier molecular flexibility index (Phi) is 3.96. The zero-order valence-corrected chi connectivity index (χ0v) is 9.06. The van der Waals surface area contributed by atoms with Crippen molar-refractivity contribution in [3.05, 3.63) is 11.9 Å². The van der Waals surface area contributed by atoms with E-state index >= 15 is 0 Å². The second kappa shape index (κ2) is 5.23. The molecule has 15 heavy (non-hydrogen) atoms. The van der Waals surface area contributed by atoms with E-state index in [0.717, 1.165) is 24.3 Å². The first-order valence-corrected chi connectivity index (χ1v) is 4.84. The number of oxime groups is 1. The van der Waals surface area contributed by atoms with Gasteiger partial charge in [-0.2, -0.15) is 5.10 Å². The Labute approximate surface area is 88.8 Å². The number of anilines is 1. The lowest BCUT2D eigenvalue weighted by atomic mass is 10.3. The summed E-state index contributed by atoms with van der Waals surface area (Å²) in [5.74, 6) is 0.264. The first-order valence-electron chi connectivity index (χ1n) is 4.84. The molecule has 6 heteroatoms. The maximum absolute atomic E-state index is 8.33. The van der Waals surface area contributed by atoms with Crippen LogP contribution >= 0.6 is 0 Å². The lowest BCUT2D eigenvalue weighted by molar-refractivity contribution is 0.316. The first-order chi connectivity index (χ1) is 7.13. The van der Waals surface area contributed by atoms with Crippen LogP contribution < -0.4 is 11.1 Å². The van der Waals surface area contributed by atoms with E-state index in [-0.39, 0.29) is 5.84 Å². The Morgan fingerprint density at radius 1 is 1.73 bits per heavy atom. The van der Waals surface area contributed by atoms with Crippen LogP contribution in [0.15, 0.2) is 11.4 Å². The van der Waals surface area contributed by atoms with E-state index in [4.69, 9.17) is 10.9 Å². The minimum atomic E-state index is 0.264. The van der Waals surface area contributed by atoms with Crippen LogP contribution in [0.5, 0.6) is 0 Å². The van der Waals surface area contributed by atoms with Crippen LogP contribution in [0.3, 0.4) is 0 Å². The second-order valence-corrected chi connectivity index (χ2v) is 3.42. The number of nitrogens with two attached hydrogens (primary N) is 1. The minimum Gasteiger partial charge on any atom is -0.409 e. The van der Waals surface area contributed by atoms with Crippen LogP contribution in [0.2, 0.25) is 0 Å². The van der Waals surface area contributed by atoms with Crippen molar-refractivity contribution in [2.75, 3.05) is 11.9 Å². The molecule has 0 radical (unpaired) electrons. The average Bonchev–Trinajstić information content (AvgIpc) is 2.52.